The van der Waals surface area contributed by atoms with Crippen LogP contribution in [0.5, 0.6) is 0 Å². The molecule has 0 heterocycles. The zero-order valence-corrected chi connectivity index (χ0v) is 10.0. The fourth-order valence-corrected chi connectivity index (χ4v) is 1.52. The van der Waals surface area contributed by atoms with E-state index in [1.54, 1.807) is 0 Å². The third-order valence-corrected chi connectivity index (χ3v) is 2.03. The molecule has 0 aliphatic heterocycles. The first-order valence-electron chi connectivity index (χ1n) is 5.09. The van der Waals surface area contributed by atoms with Crippen LogP contribution in [0.2, 0.25) is 0 Å². The molecule has 0 atom stereocenters. The molecule has 1 N–H and O–H groups in total. The molecule has 0 aliphatic rings. The molecule has 3 heteroatoms. The highest BCUT2D eigenvalue weighted by Crippen LogP contribution is 2.00. The van der Waals surface area contributed by atoms with Crippen LogP contribution in [0, 0.1) is 0 Å². The van der Waals surface area contributed by atoms with Crippen LogP contribution >= 0.6 is 12.2 Å². The van der Waals surface area contributed by atoms with Crippen molar-refractivity contribution in [3.05, 3.63) is 35.9 Å². The molecular weight excluding hydrogens is 206 g/mol. The number of hydrogen-bond donors (Lipinski definition) is 1. The van der Waals surface area contributed by atoms with Crippen molar-refractivity contribution < 1.29 is 4.74 Å². The largest absolute Gasteiger partial charge is 0.376 e. The van der Waals surface area contributed by atoms with E-state index in [1.807, 2.05) is 30.3 Å². The summed E-state index contributed by atoms with van der Waals surface area (Å²) in [7, 11) is 0. The van der Waals surface area contributed by atoms with E-state index in [9.17, 15) is 0 Å². The van der Waals surface area contributed by atoms with Gasteiger partial charge in [0.1, 0.15) is 4.99 Å². The highest BCUT2D eigenvalue weighted by Gasteiger charge is 1.98. The molecule has 0 aromatic heterocycles. The lowest BCUT2D eigenvalue weighted by Crippen LogP contribution is -2.31. The average molecular weight is 223 g/mol. The Kier molecular flexibility index (Phi) is 5.29. The van der Waals surface area contributed by atoms with Gasteiger partial charge in [0.15, 0.2) is 0 Å². The van der Waals surface area contributed by atoms with E-state index in [0.29, 0.717) is 19.3 Å². The molecule has 0 saturated carbocycles. The maximum absolute atomic E-state index is 5.48. The lowest BCUT2D eigenvalue weighted by atomic mass is 10.2. The molecule has 0 radical (unpaired) electrons. The zero-order chi connectivity index (χ0) is 11.1. The molecule has 82 valence electrons. The Labute approximate surface area is 96.6 Å². The van der Waals surface area contributed by atoms with E-state index in [1.165, 1.54) is 5.56 Å². The second-order valence-corrected chi connectivity index (χ2v) is 4.19. The minimum Gasteiger partial charge on any atom is -0.376 e. The maximum Gasteiger partial charge on any atom is 0.102 e. The molecule has 0 bridgehead atoms. The molecule has 0 aliphatic carbocycles. The molecule has 2 nitrogen and oxygen atoms in total. The first-order chi connectivity index (χ1) is 7.18. The topological polar surface area (TPSA) is 21.3 Å². The average Bonchev–Trinajstić information content (AvgIpc) is 2.18. The van der Waals surface area contributed by atoms with Crippen LogP contribution < -0.4 is 5.32 Å². The van der Waals surface area contributed by atoms with Crippen molar-refractivity contribution in [2.45, 2.75) is 26.5 Å². The van der Waals surface area contributed by atoms with Crippen molar-refractivity contribution in [3.63, 3.8) is 0 Å². The second kappa shape index (κ2) is 6.53. The number of hydrogen-bond acceptors (Lipinski definition) is 2. The monoisotopic (exact) mass is 223 g/mol. The third-order valence-electron chi connectivity index (χ3n) is 1.79. The number of ether oxygens (including phenoxy) is 1. The Balaban J connectivity index is 2.19. The quantitative estimate of drug-likeness (QED) is 0.775. The fraction of sp³-hybridized carbons (Fsp3) is 0.417. The van der Waals surface area contributed by atoms with E-state index in [4.69, 9.17) is 17.0 Å². The minimum absolute atomic E-state index is 0.373. The minimum atomic E-state index is 0.373. The van der Waals surface area contributed by atoms with Crippen molar-refractivity contribution in [2.75, 3.05) is 6.61 Å². The lowest BCUT2D eigenvalue weighted by Gasteiger charge is -2.11. The lowest BCUT2D eigenvalue weighted by molar-refractivity contribution is 0.157. The normalized spacial score (nSPS) is 10.3. The van der Waals surface area contributed by atoms with Gasteiger partial charge in [0.25, 0.3) is 0 Å². The standard InChI is InChI=1S/C12H17NOS/c1-10(2)13-12(15)9-14-8-11-6-4-3-5-7-11/h3-7,10H,8-9H2,1-2H3,(H,13,15). The van der Waals surface area contributed by atoms with Crippen LogP contribution in [-0.2, 0) is 11.3 Å². The van der Waals surface area contributed by atoms with Crippen molar-refractivity contribution in [3.8, 4) is 0 Å². The van der Waals surface area contributed by atoms with Crippen molar-refractivity contribution in [1.82, 2.24) is 5.32 Å². The molecule has 0 unspecified atom stereocenters. The molecule has 1 rings (SSSR count). The van der Waals surface area contributed by atoms with Crippen LogP contribution in [0.3, 0.4) is 0 Å². The number of thiocarbonyl (C=S) groups is 1. The van der Waals surface area contributed by atoms with Gasteiger partial charge in [0.2, 0.25) is 0 Å². The predicted molar refractivity (Wildman–Crippen MR) is 67.0 cm³/mol. The Morgan fingerprint density at radius 1 is 1.33 bits per heavy atom. The van der Waals surface area contributed by atoms with Gasteiger partial charge in [-0.05, 0) is 19.4 Å². The van der Waals surface area contributed by atoms with E-state index in [-0.39, 0.29) is 0 Å². The SMILES string of the molecule is CC(C)NC(=S)COCc1ccccc1. The van der Waals surface area contributed by atoms with Crippen LogP contribution in [0.25, 0.3) is 0 Å². The van der Waals surface area contributed by atoms with Crippen LogP contribution in [-0.4, -0.2) is 17.6 Å². The van der Waals surface area contributed by atoms with Gasteiger partial charge >= 0.3 is 0 Å². The van der Waals surface area contributed by atoms with Crippen molar-refractivity contribution in [1.29, 1.82) is 0 Å². The van der Waals surface area contributed by atoms with Gasteiger partial charge in [0.05, 0.1) is 13.2 Å². The second-order valence-electron chi connectivity index (χ2n) is 3.70. The molecule has 15 heavy (non-hydrogen) atoms. The van der Waals surface area contributed by atoms with E-state index in [0.717, 1.165) is 4.99 Å². The van der Waals surface area contributed by atoms with Gasteiger partial charge in [-0.25, -0.2) is 0 Å². The smallest absolute Gasteiger partial charge is 0.102 e. The van der Waals surface area contributed by atoms with Gasteiger partial charge in [0, 0.05) is 6.04 Å². The molecule has 1 aromatic rings. The first kappa shape index (κ1) is 12.1. The Morgan fingerprint density at radius 2 is 2.00 bits per heavy atom. The molecule has 1 aromatic carbocycles. The summed E-state index contributed by atoms with van der Waals surface area (Å²) in [5.41, 5.74) is 1.17. The van der Waals surface area contributed by atoms with Gasteiger partial charge in [-0.1, -0.05) is 42.5 Å². The third kappa shape index (κ3) is 5.50. The first-order valence-corrected chi connectivity index (χ1v) is 5.50. The van der Waals surface area contributed by atoms with E-state index >= 15 is 0 Å². The molecule has 0 saturated heterocycles. The molecular formula is C12H17NOS. The maximum atomic E-state index is 5.48. The van der Waals surface area contributed by atoms with Gasteiger partial charge < -0.3 is 10.1 Å². The summed E-state index contributed by atoms with van der Waals surface area (Å²) >= 11 is 5.11. The Morgan fingerprint density at radius 3 is 2.60 bits per heavy atom. The number of benzene rings is 1. The zero-order valence-electron chi connectivity index (χ0n) is 9.19. The highest BCUT2D eigenvalue weighted by atomic mass is 32.1. The summed E-state index contributed by atoms with van der Waals surface area (Å²) in [6.45, 7) is 5.22. The van der Waals surface area contributed by atoms with Crippen LogP contribution in [0.1, 0.15) is 19.4 Å². The van der Waals surface area contributed by atoms with Gasteiger partial charge in [-0.3, -0.25) is 0 Å². The summed E-state index contributed by atoms with van der Waals surface area (Å²) in [6.07, 6.45) is 0. The Bertz CT molecular complexity index is 298. The predicted octanol–water partition coefficient (Wildman–Crippen LogP) is 2.53. The highest BCUT2D eigenvalue weighted by molar-refractivity contribution is 7.80. The summed E-state index contributed by atoms with van der Waals surface area (Å²) in [5.74, 6) is 0. The van der Waals surface area contributed by atoms with Gasteiger partial charge in [-0.2, -0.15) is 0 Å². The number of rotatable bonds is 5. The molecule has 0 spiro atoms. The molecule has 0 amide bonds. The summed E-state index contributed by atoms with van der Waals surface area (Å²) < 4.78 is 5.48. The van der Waals surface area contributed by atoms with Crippen molar-refractivity contribution in [2.24, 2.45) is 0 Å². The molecule has 0 fully saturated rings. The fourth-order valence-electron chi connectivity index (χ4n) is 1.20. The summed E-state index contributed by atoms with van der Waals surface area (Å²) in [5, 5.41) is 3.14. The van der Waals surface area contributed by atoms with Crippen LogP contribution in [0.15, 0.2) is 30.3 Å². The number of nitrogens with one attached hydrogen (secondary N) is 1. The summed E-state index contributed by atoms with van der Waals surface area (Å²) in [6, 6.07) is 10.5. The van der Waals surface area contributed by atoms with Gasteiger partial charge in [-0.15, -0.1) is 0 Å². The Hall–Kier alpha value is -0.930. The van der Waals surface area contributed by atoms with E-state index < -0.39 is 0 Å². The van der Waals surface area contributed by atoms with Crippen molar-refractivity contribution >= 4 is 17.2 Å². The van der Waals surface area contributed by atoms with E-state index in [2.05, 4.69) is 19.2 Å². The van der Waals surface area contributed by atoms with Crippen LogP contribution in [0.4, 0.5) is 0 Å². The summed E-state index contributed by atoms with van der Waals surface area (Å²) in [4.78, 5) is 0.765.